The van der Waals surface area contributed by atoms with Gasteiger partial charge in [0.25, 0.3) is 5.91 Å². The van der Waals surface area contributed by atoms with Crippen molar-refractivity contribution in [3.63, 3.8) is 0 Å². The molecule has 1 aromatic carbocycles. The maximum Gasteiger partial charge on any atom is 0.350 e. The van der Waals surface area contributed by atoms with Crippen LogP contribution in [-0.4, -0.2) is 47.6 Å². The van der Waals surface area contributed by atoms with Crippen molar-refractivity contribution in [2.45, 2.75) is 26.3 Å². The van der Waals surface area contributed by atoms with Gasteiger partial charge in [-0.15, -0.1) is 0 Å². The van der Waals surface area contributed by atoms with Gasteiger partial charge in [-0.1, -0.05) is 46.7 Å². The number of halogens is 2. The van der Waals surface area contributed by atoms with Crippen LogP contribution in [0.2, 0.25) is 10.0 Å². The third kappa shape index (κ3) is 4.60. The largest absolute Gasteiger partial charge is 0.462 e. The molecule has 1 aliphatic carbocycles. The number of nitrogens with zero attached hydrogens (tertiary/aromatic N) is 2. The van der Waals surface area contributed by atoms with Crippen LogP contribution in [0.5, 0.6) is 0 Å². The molecule has 2 fully saturated rings. The van der Waals surface area contributed by atoms with Crippen molar-refractivity contribution < 1.29 is 14.3 Å². The Bertz CT molecular complexity index is 1290. The first kappa shape index (κ1) is 24.0. The minimum absolute atomic E-state index is 0.0773. The molecule has 3 atom stereocenters. The van der Waals surface area contributed by atoms with Gasteiger partial charge < -0.3 is 25.7 Å². The molecule has 1 aliphatic heterocycles. The van der Waals surface area contributed by atoms with E-state index in [1.807, 2.05) is 24.3 Å². The number of hydrogen-bond acceptors (Lipinski definition) is 7. The number of fused-ring (bicyclic) bond motifs is 1. The highest BCUT2D eigenvalue weighted by molar-refractivity contribution is 7.17. The number of nitrogens with one attached hydrogen (secondary N) is 2. The fourth-order valence-corrected chi connectivity index (χ4v) is 6.11. The topological polar surface area (TPSA) is 113 Å². The van der Waals surface area contributed by atoms with Gasteiger partial charge in [0.05, 0.1) is 22.3 Å². The summed E-state index contributed by atoms with van der Waals surface area (Å²) in [6, 6.07) is 7.65. The van der Waals surface area contributed by atoms with Crippen molar-refractivity contribution in [1.29, 1.82) is 0 Å². The van der Waals surface area contributed by atoms with Crippen LogP contribution < -0.4 is 16.0 Å². The Morgan fingerprint density at radius 1 is 1.29 bits per heavy atom. The molecule has 3 heterocycles. The van der Waals surface area contributed by atoms with Gasteiger partial charge in [0.15, 0.2) is 5.13 Å². The van der Waals surface area contributed by atoms with E-state index in [0.717, 1.165) is 23.8 Å². The number of piperidine rings is 1. The van der Waals surface area contributed by atoms with Gasteiger partial charge in [0, 0.05) is 48.8 Å². The number of hydrogen-bond donors (Lipinski definition) is 3. The van der Waals surface area contributed by atoms with Gasteiger partial charge in [0.2, 0.25) is 0 Å². The predicted octanol–water partition coefficient (Wildman–Crippen LogP) is 4.30. The minimum Gasteiger partial charge on any atom is -0.462 e. The molecule has 1 amide bonds. The van der Waals surface area contributed by atoms with Crippen molar-refractivity contribution >= 4 is 57.2 Å². The molecule has 2 aromatic heterocycles. The van der Waals surface area contributed by atoms with Gasteiger partial charge in [-0.05, 0) is 31.5 Å². The monoisotopic (exact) mass is 533 g/mol. The normalized spacial score (nSPS) is 20.6. The number of aromatic amines is 1. The number of rotatable bonds is 7. The number of H-pyrrole nitrogens is 1. The molecule has 184 valence electrons. The Kier molecular flexibility index (Phi) is 6.41. The third-order valence-corrected chi connectivity index (χ3v) is 8.60. The Morgan fingerprint density at radius 3 is 2.66 bits per heavy atom. The highest BCUT2D eigenvalue weighted by Crippen LogP contribution is 2.48. The lowest BCUT2D eigenvalue weighted by Gasteiger charge is -2.19. The SMILES string of the molecule is CCOC(=O)c1sc(N2C[C@@H]3[C@H](C2)[C@H]3NC(=O)c2[nH]c(C)c(Cl)c2Cl)nc1Cc1cccc(N)c1. The first-order chi connectivity index (χ1) is 16.8. The van der Waals surface area contributed by atoms with E-state index in [1.165, 1.54) is 11.3 Å². The number of thiazole rings is 1. The number of aryl methyl sites for hydroxylation is 1. The smallest absolute Gasteiger partial charge is 0.350 e. The number of nitrogens with two attached hydrogens (primary N) is 1. The van der Waals surface area contributed by atoms with Gasteiger partial charge in [-0.25, -0.2) is 9.78 Å². The minimum atomic E-state index is -0.360. The summed E-state index contributed by atoms with van der Waals surface area (Å²) in [6.45, 7) is 5.36. The quantitative estimate of drug-likeness (QED) is 0.308. The van der Waals surface area contributed by atoms with E-state index < -0.39 is 0 Å². The average molecular weight is 534 g/mol. The van der Waals surface area contributed by atoms with E-state index in [0.29, 0.717) is 57.5 Å². The second kappa shape index (κ2) is 9.37. The van der Waals surface area contributed by atoms with Crippen LogP contribution in [0, 0.1) is 18.8 Å². The zero-order valence-electron chi connectivity index (χ0n) is 19.2. The van der Waals surface area contributed by atoms with E-state index in [1.54, 1.807) is 13.8 Å². The molecule has 35 heavy (non-hydrogen) atoms. The molecule has 1 saturated carbocycles. The summed E-state index contributed by atoms with van der Waals surface area (Å²) in [6.07, 6.45) is 0.494. The molecule has 0 bridgehead atoms. The summed E-state index contributed by atoms with van der Waals surface area (Å²) < 4.78 is 5.28. The summed E-state index contributed by atoms with van der Waals surface area (Å²) in [4.78, 5) is 35.8. The van der Waals surface area contributed by atoms with Crippen LogP contribution >= 0.6 is 34.5 Å². The number of esters is 1. The Hall–Kier alpha value is -2.75. The summed E-state index contributed by atoms with van der Waals surface area (Å²) >= 11 is 13.6. The number of ether oxygens (including phenoxy) is 1. The summed E-state index contributed by atoms with van der Waals surface area (Å²) in [5, 5.41) is 4.48. The Morgan fingerprint density at radius 2 is 2.03 bits per heavy atom. The number of benzene rings is 1. The van der Waals surface area contributed by atoms with Crippen LogP contribution in [0.4, 0.5) is 10.8 Å². The first-order valence-electron chi connectivity index (χ1n) is 11.4. The van der Waals surface area contributed by atoms with E-state index in [9.17, 15) is 9.59 Å². The van der Waals surface area contributed by atoms with E-state index in [4.69, 9.17) is 38.7 Å². The van der Waals surface area contributed by atoms with E-state index >= 15 is 0 Å². The zero-order valence-corrected chi connectivity index (χ0v) is 21.6. The molecule has 0 unspecified atom stereocenters. The summed E-state index contributed by atoms with van der Waals surface area (Å²) in [7, 11) is 0. The Labute approximate surface area is 216 Å². The fraction of sp³-hybridized carbons (Fsp3) is 0.375. The molecule has 11 heteroatoms. The van der Waals surface area contributed by atoms with Gasteiger partial charge >= 0.3 is 5.97 Å². The highest BCUT2D eigenvalue weighted by Gasteiger charge is 2.57. The number of aromatic nitrogens is 2. The van der Waals surface area contributed by atoms with Crippen molar-refractivity contribution in [2.24, 2.45) is 11.8 Å². The number of amides is 1. The number of carbonyl (C=O) groups excluding carboxylic acids is 2. The third-order valence-electron chi connectivity index (χ3n) is 6.51. The molecule has 4 N–H and O–H groups in total. The van der Waals surface area contributed by atoms with Crippen LogP contribution in [0.3, 0.4) is 0 Å². The van der Waals surface area contributed by atoms with Crippen LogP contribution in [0.1, 0.15) is 44.0 Å². The van der Waals surface area contributed by atoms with Crippen LogP contribution in [-0.2, 0) is 11.2 Å². The second-order valence-corrected chi connectivity index (χ2v) is 10.6. The Balaban J connectivity index is 1.27. The van der Waals surface area contributed by atoms with Gasteiger partial charge in [-0.2, -0.15) is 0 Å². The number of nitrogen functional groups attached to an aromatic ring is 1. The maximum atomic E-state index is 12.7. The number of carbonyl (C=O) groups is 2. The van der Waals surface area contributed by atoms with Gasteiger partial charge in [0.1, 0.15) is 10.6 Å². The van der Waals surface area contributed by atoms with Crippen molar-refractivity contribution in [1.82, 2.24) is 15.3 Å². The van der Waals surface area contributed by atoms with Gasteiger partial charge in [-0.3, -0.25) is 4.79 Å². The lowest BCUT2D eigenvalue weighted by atomic mass is 10.1. The molecular weight excluding hydrogens is 509 g/mol. The van der Waals surface area contributed by atoms with E-state index in [2.05, 4.69) is 15.2 Å². The summed E-state index contributed by atoms with van der Waals surface area (Å²) in [5.41, 5.74) is 9.22. The summed E-state index contributed by atoms with van der Waals surface area (Å²) in [5.74, 6) is 0.0220. The van der Waals surface area contributed by atoms with Crippen LogP contribution in [0.15, 0.2) is 24.3 Å². The maximum absolute atomic E-state index is 12.7. The lowest BCUT2D eigenvalue weighted by Crippen LogP contribution is -2.34. The fourth-order valence-electron chi connectivity index (χ4n) is 4.70. The number of anilines is 2. The first-order valence-corrected chi connectivity index (χ1v) is 12.9. The highest BCUT2D eigenvalue weighted by atomic mass is 35.5. The molecule has 2 aliphatic rings. The van der Waals surface area contributed by atoms with Crippen LogP contribution in [0.25, 0.3) is 0 Å². The molecule has 5 rings (SSSR count). The van der Waals surface area contributed by atoms with E-state index in [-0.39, 0.29) is 22.9 Å². The standard InChI is InChI=1S/C24H25Cl2N5O3S/c1-3-34-23(33)21-16(8-12-5-4-6-13(27)7-12)29-24(35-21)31-9-14-15(10-31)19(14)30-22(32)20-18(26)17(25)11(2)28-20/h4-7,14-15,19,28H,3,8-10,27H2,1-2H3,(H,30,32)/t14-,15+,19+. The zero-order chi connectivity index (χ0) is 24.9. The molecular formula is C24H25Cl2N5O3S. The van der Waals surface area contributed by atoms with Crippen molar-refractivity contribution in [2.75, 3.05) is 30.3 Å². The van der Waals surface area contributed by atoms with Crippen molar-refractivity contribution in [3.05, 3.63) is 61.8 Å². The second-order valence-electron chi connectivity index (χ2n) is 8.90. The lowest BCUT2D eigenvalue weighted by molar-refractivity contribution is 0.0530. The molecule has 0 radical (unpaired) electrons. The van der Waals surface area contributed by atoms with Crippen molar-refractivity contribution in [3.8, 4) is 0 Å². The predicted molar refractivity (Wildman–Crippen MR) is 138 cm³/mol. The molecule has 0 spiro atoms. The molecule has 1 saturated heterocycles. The average Bonchev–Trinajstić information content (AvgIpc) is 3.18. The molecule has 3 aromatic rings. The molecule has 8 nitrogen and oxygen atoms in total.